The number of hydrogen-bond donors (Lipinski definition) is 1. The van der Waals surface area contributed by atoms with E-state index in [1.807, 2.05) is 12.5 Å². The van der Waals surface area contributed by atoms with Crippen molar-refractivity contribution in [3.8, 4) is 11.3 Å². The Bertz CT molecular complexity index is 718. The predicted octanol–water partition coefficient (Wildman–Crippen LogP) is 3.74. The summed E-state index contributed by atoms with van der Waals surface area (Å²) in [6, 6.07) is 8.48. The number of benzene rings is 1. The SMILES string of the molecule is NCC1CCC(C(CC2c3ccccc3-c3cncn32)N=O)CC1. The molecule has 1 aromatic heterocycles. The minimum atomic E-state index is -0.130. The molecule has 2 aromatic rings. The number of fused-ring (bicyclic) bond motifs is 3. The van der Waals surface area contributed by atoms with Crippen LogP contribution in [0.4, 0.5) is 0 Å². The van der Waals surface area contributed by atoms with Crippen molar-refractivity contribution in [3.63, 3.8) is 0 Å². The lowest BCUT2D eigenvalue weighted by Crippen LogP contribution is -2.29. The van der Waals surface area contributed by atoms with Gasteiger partial charge >= 0.3 is 0 Å². The molecule has 1 saturated carbocycles. The topological polar surface area (TPSA) is 73.3 Å². The van der Waals surface area contributed by atoms with E-state index < -0.39 is 0 Å². The zero-order chi connectivity index (χ0) is 16.5. The van der Waals surface area contributed by atoms with E-state index in [9.17, 15) is 4.91 Å². The summed E-state index contributed by atoms with van der Waals surface area (Å²) in [5, 5.41) is 3.54. The lowest BCUT2D eigenvalue weighted by Gasteiger charge is -2.31. The Morgan fingerprint density at radius 1 is 1.25 bits per heavy atom. The van der Waals surface area contributed by atoms with Crippen molar-refractivity contribution in [2.75, 3.05) is 6.54 Å². The van der Waals surface area contributed by atoms with E-state index in [1.165, 1.54) is 11.1 Å². The summed E-state index contributed by atoms with van der Waals surface area (Å²) in [4.78, 5) is 15.9. The van der Waals surface area contributed by atoms with Gasteiger partial charge in [0.15, 0.2) is 0 Å². The van der Waals surface area contributed by atoms with Gasteiger partial charge in [-0.05, 0) is 56.0 Å². The van der Waals surface area contributed by atoms with E-state index in [0.29, 0.717) is 11.8 Å². The molecule has 0 saturated heterocycles. The average molecular weight is 324 g/mol. The average Bonchev–Trinajstić information content (AvgIpc) is 3.22. The second-order valence-electron chi connectivity index (χ2n) is 7.21. The van der Waals surface area contributed by atoms with E-state index in [4.69, 9.17) is 5.73 Å². The molecule has 1 aromatic carbocycles. The van der Waals surface area contributed by atoms with Crippen molar-refractivity contribution in [3.05, 3.63) is 47.3 Å². The van der Waals surface area contributed by atoms with Gasteiger partial charge in [0.05, 0.1) is 30.3 Å². The maximum atomic E-state index is 11.6. The van der Waals surface area contributed by atoms with E-state index in [1.54, 1.807) is 0 Å². The van der Waals surface area contributed by atoms with Gasteiger partial charge in [0.1, 0.15) is 0 Å². The van der Waals surface area contributed by atoms with E-state index in [-0.39, 0.29) is 12.1 Å². The number of rotatable bonds is 5. The standard InChI is InChI=1S/C19H24N4O/c20-10-13-5-7-14(8-6-13)17(22-24)9-18-15-3-1-2-4-16(15)19-11-21-12-23(18)19/h1-4,11-14,17-18H,5-10,20H2. The largest absolute Gasteiger partial charge is 0.330 e. The molecule has 1 aliphatic heterocycles. The molecule has 2 heterocycles. The predicted molar refractivity (Wildman–Crippen MR) is 94.5 cm³/mol. The molecule has 2 N–H and O–H groups in total. The maximum Gasteiger partial charge on any atom is 0.0970 e. The summed E-state index contributed by atoms with van der Waals surface area (Å²) in [7, 11) is 0. The Balaban J connectivity index is 1.55. The van der Waals surface area contributed by atoms with Crippen LogP contribution in [0.5, 0.6) is 0 Å². The van der Waals surface area contributed by atoms with Crippen LogP contribution in [0, 0.1) is 16.7 Å². The minimum absolute atomic E-state index is 0.130. The molecular weight excluding hydrogens is 300 g/mol. The van der Waals surface area contributed by atoms with Crippen LogP contribution in [0.2, 0.25) is 0 Å². The summed E-state index contributed by atoms with van der Waals surface area (Å²) < 4.78 is 2.20. The number of nitroso groups, excluding NO2 is 1. The lowest BCUT2D eigenvalue weighted by atomic mass is 9.77. The fraction of sp³-hybridized carbons (Fsp3) is 0.526. The van der Waals surface area contributed by atoms with Gasteiger partial charge in [0.2, 0.25) is 0 Å². The smallest absolute Gasteiger partial charge is 0.0970 e. The van der Waals surface area contributed by atoms with Crippen molar-refractivity contribution in [1.29, 1.82) is 0 Å². The Morgan fingerprint density at radius 2 is 2.04 bits per heavy atom. The molecule has 0 bridgehead atoms. The number of nitrogens with zero attached hydrogens (tertiary/aromatic N) is 3. The third kappa shape index (κ3) is 2.57. The first-order chi connectivity index (χ1) is 11.8. The molecule has 24 heavy (non-hydrogen) atoms. The van der Waals surface area contributed by atoms with Crippen molar-refractivity contribution >= 4 is 0 Å². The first kappa shape index (κ1) is 15.5. The first-order valence-electron chi connectivity index (χ1n) is 8.95. The molecule has 4 rings (SSSR count). The summed E-state index contributed by atoms with van der Waals surface area (Å²) in [6.07, 6.45) is 8.96. The fourth-order valence-electron chi connectivity index (χ4n) is 4.53. The quantitative estimate of drug-likeness (QED) is 0.851. The number of nitrogens with two attached hydrogens (primary N) is 1. The van der Waals surface area contributed by atoms with Crippen molar-refractivity contribution < 1.29 is 0 Å². The van der Waals surface area contributed by atoms with E-state index >= 15 is 0 Å². The summed E-state index contributed by atoms with van der Waals surface area (Å²) >= 11 is 0. The van der Waals surface area contributed by atoms with Gasteiger partial charge in [-0.25, -0.2) is 4.98 Å². The first-order valence-corrected chi connectivity index (χ1v) is 8.95. The summed E-state index contributed by atoms with van der Waals surface area (Å²) in [5.74, 6) is 1.02. The van der Waals surface area contributed by atoms with Gasteiger partial charge in [-0.15, -0.1) is 0 Å². The zero-order valence-corrected chi connectivity index (χ0v) is 13.8. The van der Waals surface area contributed by atoms with Crippen molar-refractivity contribution in [2.45, 2.75) is 44.2 Å². The third-order valence-corrected chi connectivity index (χ3v) is 5.97. The Hall–Kier alpha value is -2.01. The van der Waals surface area contributed by atoms with Gasteiger partial charge in [-0.2, -0.15) is 4.91 Å². The molecule has 2 unspecified atom stereocenters. The number of aromatic nitrogens is 2. The van der Waals surface area contributed by atoms with Crippen LogP contribution in [-0.2, 0) is 0 Å². The van der Waals surface area contributed by atoms with E-state index in [2.05, 4.69) is 39.0 Å². The highest BCUT2D eigenvalue weighted by atomic mass is 16.3. The van der Waals surface area contributed by atoms with Gasteiger partial charge in [0.25, 0.3) is 0 Å². The molecule has 1 aliphatic carbocycles. The molecule has 126 valence electrons. The van der Waals surface area contributed by atoms with Crippen LogP contribution in [-0.4, -0.2) is 22.1 Å². The summed E-state index contributed by atoms with van der Waals surface area (Å²) in [6.45, 7) is 0.764. The monoisotopic (exact) mass is 324 g/mol. The van der Waals surface area contributed by atoms with Gasteiger partial charge in [-0.1, -0.05) is 29.4 Å². The van der Waals surface area contributed by atoms with Gasteiger partial charge < -0.3 is 10.3 Å². The molecule has 1 fully saturated rings. The third-order valence-electron chi connectivity index (χ3n) is 5.97. The maximum absolute atomic E-state index is 11.6. The van der Waals surface area contributed by atoms with Gasteiger partial charge in [-0.3, -0.25) is 0 Å². The second kappa shape index (κ2) is 6.48. The highest BCUT2D eigenvalue weighted by molar-refractivity contribution is 5.68. The molecule has 5 nitrogen and oxygen atoms in total. The zero-order valence-electron chi connectivity index (χ0n) is 13.8. The van der Waals surface area contributed by atoms with Crippen LogP contribution < -0.4 is 5.73 Å². The highest BCUT2D eigenvalue weighted by Crippen LogP contribution is 2.43. The second-order valence-corrected chi connectivity index (χ2v) is 7.21. The van der Waals surface area contributed by atoms with Crippen LogP contribution in [0.15, 0.2) is 42.0 Å². The highest BCUT2D eigenvalue weighted by Gasteiger charge is 2.34. The molecule has 5 heteroatoms. The summed E-state index contributed by atoms with van der Waals surface area (Å²) in [5.41, 5.74) is 9.46. The van der Waals surface area contributed by atoms with Crippen LogP contribution in [0.1, 0.15) is 43.7 Å². The molecular formula is C19H24N4O. The van der Waals surface area contributed by atoms with Crippen LogP contribution >= 0.6 is 0 Å². The van der Waals surface area contributed by atoms with Gasteiger partial charge in [0, 0.05) is 5.56 Å². The molecule has 2 aliphatic rings. The fourth-order valence-corrected chi connectivity index (χ4v) is 4.53. The Labute approximate surface area is 142 Å². The number of imidazole rings is 1. The van der Waals surface area contributed by atoms with Crippen LogP contribution in [0.3, 0.4) is 0 Å². The Morgan fingerprint density at radius 3 is 2.79 bits per heavy atom. The normalized spacial score (nSPS) is 26.6. The van der Waals surface area contributed by atoms with Crippen molar-refractivity contribution in [1.82, 2.24) is 9.55 Å². The van der Waals surface area contributed by atoms with Crippen molar-refractivity contribution in [2.24, 2.45) is 22.7 Å². The Kier molecular flexibility index (Phi) is 4.19. The molecule has 0 spiro atoms. The number of hydrogen-bond acceptors (Lipinski definition) is 4. The minimum Gasteiger partial charge on any atom is -0.330 e. The molecule has 0 radical (unpaired) electrons. The lowest BCUT2D eigenvalue weighted by molar-refractivity contribution is 0.233. The van der Waals surface area contributed by atoms with E-state index in [0.717, 1.165) is 44.3 Å². The molecule has 0 amide bonds. The molecule has 2 atom stereocenters. The van der Waals surface area contributed by atoms with Crippen LogP contribution in [0.25, 0.3) is 11.3 Å².